The molecule has 1 N–H and O–H groups in total. The Morgan fingerprint density at radius 3 is 2.47 bits per heavy atom. The SMILES string of the molecule is Cc1ccccc1CCNC1CCCCCC1. The fraction of sp³-hybridized carbons (Fsp3) is 0.625. The van der Waals surface area contributed by atoms with E-state index in [1.54, 1.807) is 0 Å². The van der Waals surface area contributed by atoms with E-state index in [1.807, 2.05) is 0 Å². The summed E-state index contributed by atoms with van der Waals surface area (Å²) in [6, 6.07) is 9.51. The Morgan fingerprint density at radius 1 is 1.06 bits per heavy atom. The van der Waals surface area contributed by atoms with Crippen molar-refractivity contribution in [1.29, 1.82) is 0 Å². The lowest BCUT2D eigenvalue weighted by Gasteiger charge is -2.16. The summed E-state index contributed by atoms with van der Waals surface area (Å²) in [6.45, 7) is 3.34. The van der Waals surface area contributed by atoms with E-state index in [1.165, 1.54) is 56.1 Å². The van der Waals surface area contributed by atoms with Crippen molar-refractivity contribution in [1.82, 2.24) is 5.32 Å². The molecule has 0 bridgehead atoms. The Kier molecular flexibility index (Phi) is 5.06. The van der Waals surface area contributed by atoms with Crippen molar-refractivity contribution in [2.45, 2.75) is 57.9 Å². The molecule has 0 saturated heterocycles. The lowest BCUT2D eigenvalue weighted by atomic mass is 10.0. The molecule has 0 heterocycles. The Bertz CT molecular complexity index is 324. The molecule has 0 aliphatic heterocycles. The third kappa shape index (κ3) is 4.16. The number of rotatable bonds is 4. The molecule has 1 nitrogen and oxygen atoms in total. The molecule has 1 aliphatic carbocycles. The summed E-state index contributed by atoms with van der Waals surface area (Å²) in [4.78, 5) is 0. The Hall–Kier alpha value is -0.820. The van der Waals surface area contributed by atoms with Gasteiger partial charge in [0, 0.05) is 6.04 Å². The second-order valence-corrected chi connectivity index (χ2v) is 5.32. The first-order chi connectivity index (χ1) is 8.36. The van der Waals surface area contributed by atoms with Crippen LogP contribution < -0.4 is 5.32 Å². The van der Waals surface area contributed by atoms with Crippen LogP contribution in [-0.4, -0.2) is 12.6 Å². The quantitative estimate of drug-likeness (QED) is 0.776. The van der Waals surface area contributed by atoms with Crippen LogP contribution in [0.1, 0.15) is 49.7 Å². The summed E-state index contributed by atoms with van der Waals surface area (Å²) >= 11 is 0. The molecule has 1 aromatic carbocycles. The summed E-state index contributed by atoms with van der Waals surface area (Å²) < 4.78 is 0. The van der Waals surface area contributed by atoms with Gasteiger partial charge >= 0.3 is 0 Å². The van der Waals surface area contributed by atoms with Gasteiger partial charge in [-0.1, -0.05) is 49.9 Å². The van der Waals surface area contributed by atoms with Crippen LogP contribution in [0.2, 0.25) is 0 Å². The number of hydrogen-bond acceptors (Lipinski definition) is 1. The first kappa shape index (κ1) is 12.6. The number of nitrogens with one attached hydrogen (secondary N) is 1. The zero-order valence-corrected chi connectivity index (χ0v) is 11.0. The van der Waals surface area contributed by atoms with Crippen LogP contribution in [-0.2, 0) is 6.42 Å². The molecular weight excluding hydrogens is 206 g/mol. The molecule has 0 spiro atoms. The summed E-state index contributed by atoms with van der Waals surface area (Å²) in [5.74, 6) is 0. The summed E-state index contributed by atoms with van der Waals surface area (Å²) in [5.41, 5.74) is 2.92. The minimum Gasteiger partial charge on any atom is -0.314 e. The van der Waals surface area contributed by atoms with Gasteiger partial charge in [-0.05, 0) is 43.9 Å². The maximum Gasteiger partial charge on any atom is 0.00671 e. The molecule has 1 saturated carbocycles. The first-order valence-electron chi connectivity index (χ1n) is 7.14. The third-order valence-corrected chi connectivity index (χ3v) is 3.94. The van der Waals surface area contributed by atoms with E-state index in [9.17, 15) is 0 Å². The van der Waals surface area contributed by atoms with Gasteiger partial charge in [0.2, 0.25) is 0 Å². The first-order valence-corrected chi connectivity index (χ1v) is 7.14. The minimum absolute atomic E-state index is 0.779. The van der Waals surface area contributed by atoms with E-state index in [2.05, 4.69) is 36.5 Å². The fourth-order valence-corrected chi connectivity index (χ4v) is 2.79. The Balaban J connectivity index is 1.73. The van der Waals surface area contributed by atoms with Gasteiger partial charge in [0.25, 0.3) is 0 Å². The lowest BCUT2D eigenvalue weighted by molar-refractivity contribution is 0.463. The van der Waals surface area contributed by atoms with Crippen LogP contribution in [0.5, 0.6) is 0 Å². The Labute approximate surface area is 106 Å². The maximum absolute atomic E-state index is 3.74. The van der Waals surface area contributed by atoms with Crippen LogP contribution in [0.3, 0.4) is 0 Å². The molecule has 17 heavy (non-hydrogen) atoms. The van der Waals surface area contributed by atoms with Gasteiger partial charge in [0.1, 0.15) is 0 Å². The molecule has 0 unspecified atom stereocenters. The molecule has 0 aromatic heterocycles. The van der Waals surface area contributed by atoms with Crippen molar-refractivity contribution < 1.29 is 0 Å². The highest BCUT2D eigenvalue weighted by atomic mass is 14.9. The predicted octanol–water partition coefficient (Wildman–Crippen LogP) is 3.85. The summed E-state index contributed by atoms with van der Waals surface area (Å²) in [7, 11) is 0. The zero-order valence-electron chi connectivity index (χ0n) is 11.0. The van der Waals surface area contributed by atoms with E-state index < -0.39 is 0 Å². The van der Waals surface area contributed by atoms with Crippen molar-refractivity contribution in [3.8, 4) is 0 Å². The molecule has 94 valence electrons. The van der Waals surface area contributed by atoms with Gasteiger partial charge in [-0.2, -0.15) is 0 Å². The average molecular weight is 231 g/mol. The highest BCUT2D eigenvalue weighted by Gasteiger charge is 2.10. The molecular formula is C16H25N. The largest absolute Gasteiger partial charge is 0.314 e. The second kappa shape index (κ2) is 6.80. The Morgan fingerprint density at radius 2 is 1.76 bits per heavy atom. The van der Waals surface area contributed by atoms with Gasteiger partial charge in [-0.15, -0.1) is 0 Å². The van der Waals surface area contributed by atoms with Crippen LogP contribution in [0.15, 0.2) is 24.3 Å². The van der Waals surface area contributed by atoms with Gasteiger partial charge in [-0.25, -0.2) is 0 Å². The van der Waals surface area contributed by atoms with E-state index in [0.717, 1.165) is 12.6 Å². The normalized spacial score (nSPS) is 17.9. The minimum atomic E-state index is 0.779. The van der Waals surface area contributed by atoms with Crippen molar-refractivity contribution in [3.63, 3.8) is 0 Å². The average Bonchev–Trinajstić information content (AvgIpc) is 2.60. The second-order valence-electron chi connectivity index (χ2n) is 5.32. The van der Waals surface area contributed by atoms with E-state index >= 15 is 0 Å². The van der Waals surface area contributed by atoms with Crippen molar-refractivity contribution in [2.24, 2.45) is 0 Å². The topological polar surface area (TPSA) is 12.0 Å². The van der Waals surface area contributed by atoms with Gasteiger partial charge in [0.15, 0.2) is 0 Å². The monoisotopic (exact) mass is 231 g/mol. The van der Waals surface area contributed by atoms with Crippen molar-refractivity contribution >= 4 is 0 Å². The van der Waals surface area contributed by atoms with Crippen LogP contribution in [0, 0.1) is 6.92 Å². The van der Waals surface area contributed by atoms with Crippen molar-refractivity contribution in [2.75, 3.05) is 6.54 Å². The van der Waals surface area contributed by atoms with Crippen LogP contribution >= 0.6 is 0 Å². The maximum atomic E-state index is 3.74. The third-order valence-electron chi connectivity index (χ3n) is 3.94. The molecule has 0 amide bonds. The molecule has 1 aliphatic rings. The molecule has 1 fully saturated rings. The smallest absolute Gasteiger partial charge is 0.00671 e. The van der Waals surface area contributed by atoms with Crippen molar-refractivity contribution in [3.05, 3.63) is 35.4 Å². The number of aryl methyl sites for hydroxylation is 1. The molecule has 1 heteroatoms. The number of benzene rings is 1. The molecule has 1 aromatic rings. The van der Waals surface area contributed by atoms with E-state index in [-0.39, 0.29) is 0 Å². The zero-order chi connectivity index (χ0) is 11.9. The molecule has 2 rings (SSSR count). The predicted molar refractivity (Wildman–Crippen MR) is 74.4 cm³/mol. The summed E-state index contributed by atoms with van der Waals surface area (Å²) in [6.07, 6.45) is 9.65. The summed E-state index contributed by atoms with van der Waals surface area (Å²) in [5, 5.41) is 3.74. The highest BCUT2D eigenvalue weighted by molar-refractivity contribution is 5.25. The fourth-order valence-electron chi connectivity index (χ4n) is 2.79. The van der Waals surface area contributed by atoms with E-state index in [4.69, 9.17) is 0 Å². The molecule has 0 radical (unpaired) electrons. The molecule has 0 atom stereocenters. The van der Waals surface area contributed by atoms with E-state index in [0.29, 0.717) is 0 Å². The standard InChI is InChI=1S/C16H25N/c1-14-8-6-7-9-15(14)12-13-17-16-10-4-2-3-5-11-16/h6-9,16-17H,2-5,10-13H2,1H3. The number of hydrogen-bond donors (Lipinski definition) is 1. The van der Waals surface area contributed by atoms with Gasteiger partial charge in [-0.3, -0.25) is 0 Å². The van der Waals surface area contributed by atoms with Crippen LogP contribution in [0.25, 0.3) is 0 Å². The van der Waals surface area contributed by atoms with Gasteiger partial charge < -0.3 is 5.32 Å². The van der Waals surface area contributed by atoms with Crippen LogP contribution in [0.4, 0.5) is 0 Å². The lowest BCUT2D eigenvalue weighted by Crippen LogP contribution is -2.30. The highest BCUT2D eigenvalue weighted by Crippen LogP contribution is 2.17. The van der Waals surface area contributed by atoms with Gasteiger partial charge in [0.05, 0.1) is 0 Å².